The number of carboxylic acids is 2. The quantitative estimate of drug-likeness (QED) is 0.00601. The van der Waals surface area contributed by atoms with Gasteiger partial charge in [-0.05, 0) is 100 Å². The smallest absolute Gasteiger partial charge is 1.00 e. The monoisotopic (exact) mass is 2090 g/mol. The van der Waals surface area contributed by atoms with E-state index < -0.39 is 54.0 Å². The van der Waals surface area contributed by atoms with E-state index in [0.717, 1.165) is 53.9 Å². The number of halogens is 1. The predicted octanol–water partition coefficient (Wildman–Crippen LogP) is 6.62. The van der Waals surface area contributed by atoms with Crippen molar-refractivity contribution in [2.24, 2.45) is 0 Å². The van der Waals surface area contributed by atoms with Crippen LogP contribution in [0.2, 0.25) is 15.1 Å². The van der Waals surface area contributed by atoms with Crippen LogP contribution in [-0.4, -0.2) is 196 Å². The van der Waals surface area contributed by atoms with E-state index in [0.29, 0.717) is 32.8 Å². The Morgan fingerprint density at radius 1 is 0.393 bits per heavy atom. The van der Waals surface area contributed by atoms with E-state index in [1.54, 1.807) is 26.8 Å². The van der Waals surface area contributed by atoms with Crippen molar-refractivity contribution in [1.29, 1.82) is 5.26 Å². The number of ketones is 3. The molecular weight excluding hydrogens is 1960 g/mol. The fourth-order valence-corrected chi connectivity index (χ4v) is 32.9. The molecule has 0 saturated carbocycles. The molecule has 0 amide bonds. The van der Waals surface area contributed by atoms with Gasteiger partial charge in [-0.2, -0.15) is 5.26 Å². The van der Waals surface area contributed by atoms with Crippen molar-refractivity contribution in [2.45, 2.75) is 146 Å². The minimum Gasteiger partial charge on any atom is -1.00 e. The van der Waals surface area contributed by atoms with E-state index in [1.807, 2.05) is 89.8 Å². The van der Waals surface area contributed by atoms with E-state index in [9.17, 15) is 29.1 Å². The maximum atomic E-state index is 12.1. The van der Waals surface area contributed by atoms with E-state index >= 15 is 0 Å². The third-order valence-electron chi connectivity index (χ3n) is 25.2. The van der Waals surface area contributed by atoms with Crippen molar-refractivity contribution in [3.8, 4) is 6.07 Å². The Bertz CT molecular complexity index is 5160. The molecule has 4 unspecified atom stereocenters. The third-order valence-corrected chi connectivity index (χ3v) is 40.7. The van der Waals surface area contributed by atoms with Gasteiger partial charge in [-0.3, -0.25) is 48.4 Å². The average molecular weight is 2090 g/mol. The van der Waals surface area contributed by atoms with Crippen molar-refractivity contribution in [3.05, 3.63) is 397 Å². The van der Waals surface area contributed by atoms with Crippen molar-refractivity contribution in [3.63, 3.8) is 0 Å². The molecule has 9 atom stereocenters. The van der Waals surface area contributed by atoms with Gasteiger partial charge in [0.2, 0.25) is 0 Å². The molecule has 5 aliphatic rings. The van der Waals surface area contributed by atoms with Gasteiger partial charge in [0, 0.05) is 77.0 Å². The van der Waals surface area contributed by atoms with Crippen molar-refractivity contribution in [1.82, 2.24) is 24.9 Å². The molecule has 20 nitrogen and oxygen atoms in total. The minimum atomic E-state index is -2.51. The first kappa shape index (κ1) is 121. The van der Waals surface area contributed by atoms with Gasteiger partial charge in [0.05, 0.1) is 35.3 Å². The first-order valence-corrected chi connectivity index (χ1v) is 53.5. The number of carboxylic acid groups (broad SMARTS) is 2. The largest absolute Gasteiger partial charge is 1.00 e. The zero-order valence-electron chi connectivity index (χ0n) is 84.8. The maximum Gasteiger partial charge on any atom is 1.00 e. The van der Waals surface area contributed by atoms with Crippen molar-refractivity contribution in [2.75, 3.05) is 70.1 Å². The van der Waals surface area contributed by atoms with Crippen molar-refractivity contribution < 1.29 is 191 Å². The predicted molar refractivity (Wildman–Crippen MR) is 560 cm³/mol. The number of carbonyl (C=O) groups is 6. The Balaban J connectivity index is 0.000000298. The molecule has 0 bridgehead atoms. The van der Waals surface area contributed by atoms with Gasteiger partial charge in [-0.15, -0.1) is 0 Å². The molecule has 17 rings (SSSR count). The molecule has 27 heteroatoms. The molecule has 720 valence electrons. The summed E-state index contributed by atoms with van der Waals surface area (Å²) < 4.78 is 21.2. The van der Waals surface area contributed by atoms with Crippen LogP contribution in [0.15, 0.2) is 364 Å². The Labute approximate surface area is 944 Å². The Hall–Kier alpha value is -7.60. The first-order valence-electron chi connectivity index (χ1n) is 46.3. The normalized spacial score (nSPS) is 17.7. The number of carbonyl (C=O) groups excluding carboxylic acids is 4. The number of Topliss-reactive ketones (excluding diaryl/α,β-unsaturated/α-hetero) is 3. The Kier molecular flexibility index (Phi) is 50.1. The van der Waals surface area contributed by atoms with Crippen LogP contribution in [0.4, 0.5) is 0 Å². The maximum absolute atomic E-state index is 12.1. The molecule has 5 saturated heterocycles. The number of hydrogen-bond acceptors (Lipinski definition) is 18. The van der Waals surface area contributed by atoms with E-state index in [-0.39, 0.29) is 192 Å². The number of nitrogens with zero attached hydrogens (tertiary/aromatic N) is 5. The molecule has 140 heavy (non-hydrogen) atoms. The van der Waals surface area contributed by atoms with Crippen LogP contribution in [0.25, 0.3) is 0 Å². The number of benzene rings is 12. The number of aliphatic carboxylic acids is 2. The Morgan fingerprint density at radius 2 is 0.593 bits per heavy atom. The van der Waals surface area contributed by atoms with Crippen LogP contribution in [0.3, 0.4) is 0 Å². The molecule has 0 spiro atoms. The van der Waals surface area contributed by atoms with Gasteiger partial charge < -0.3 is 45.9 Å². The summed E-state index contributed by atoms with van der Waals surface area (Å²) in [5, 5.41) is 45.1. The topological polar surface area (TPSA) is 291 Å². The fourth-order valence-electron chi connectivity index (χ4n) is 18.6. The summed E-state index contributed by atoms with van der Waals surface area (Å²) >= 11 is 2.39. The van der Waals surface area contributed by atoms with Gasteiger partial charge in [0.1, 0.15) is 29.4 Å². The van der Waals surface area contributed by atoms with E-state index in [2.05, 4.69) is 389 Å². The second-order valence-electron chi connectivity index (χ2n) is 37.1. The number of hydrogen-bond donors (Lipinski definition) is 3. The summed E-state index contributed by atoms with van der Waals surface area (Å²) in [6.45, 7) is 33.9. The second kappa shape index (κ2) is 57.9. The Morgan fingerprint density at radius 3 is 0.750 bits per heavy atom. The summed E-state index contributed by atoms with van der Waals surface area (Å²) in [5.74, 6) is -0.764. The van der Waals surface area contributed by atoms with E-state index in [4.69, 9.17) is 33.7 Å². The molecule has 0 radical (unpaired) electrons. The van der Waals surface area contributed by atoms with Crippen LogP contribution in [0.5, 0.6) is 0 Å². The fraction of sp³-hybridized carbons (Fsp3) is 0.301. The number of alkyl halides is 1. The molecule has 12 aromatic rings. The molecule has 12 aromatic carbocycles. The van der Waals surface area contributed by atoms with Crippen LogP contribution >= 0.6 is 22.6 Å². The second-order valence-corrected chi connectivity index (χ2v) is 51.1. The number of nitrogens with one attached hydrogen (secondary N) is 1. The number of rotatable bonds is 31. The van der Waals surface area contributed by atoms with Crippen LogP contribution in [-0.2, 0) is 58.0 Å². The van der Waals surface area contributed by atoms with Crippen LogP contribution in [0.1, 0.15) is 125 Å². The summed E-state index contributed by atoms with van der Waals surface area (Å²) in [4.78, 5) is 76.3. The first-order chi connectivity index (χ1) is 65.4. The number of nitriles is 1. The summed E-state index contributed by atoms with van der Waals surface area (Å²) in [7, 11) is -7.24. The zero-order chi connectivity index (χ0) is 98.2. The van der Waals surface area contributed by atoms with Gasteiger partial charge in [0.15, 0.2) is 0 Å². The van der Waals surface area contributed by atoms with Gasteiger partial charge in [0.25, 0.3) is 31.4 Å². The molecule has 5 aliphatic heterocycles. The van der Waals surface area contributed by atoms with Gasteiger partial charge in [-0.25, -0.2) is 0 Å². The van der Waals surface area contributed by atoms with Crippen LogP contribution < -0.4 is 163 Å². The minimum absolute atomic E-state index is 0. The molecule has 5 heterocycles. The SMILES string of the molecule is CC#N.CC(=O)[C@@H]1CN1.CC(=O)[C@@H]1CN1C(c1ccccc1)(c1ccccc1)c1ccccc1.CC(=O)[C@@H]1CN1CCO[Si](c1ccccc1)(c1ccccc1)C(C)(C)C.CC(C)(C)[Si](OCCI)(c1ccccc1)c1ccccc1.CC(C)(C)[Si](OCCN1C[C@H]1C(=O)O)(c1ccccc1)c1ccccc1.O=C(O)[C@@H]1CN1C(c1ccccc1)(c1ccccc1)c1ccccc1.O=CO[O-].[H-].[K+].[K+].[Li+].[OH-]. The zero-order valence-corrected chi connectivity index (χ0v) is 95.2. The van der Waals surface area contributed by atoms with Crippen LogP contribution in [0, 0.1) is 11.3 Å². The van der Waals surface area contributed by atoms with Crippen molar-refractivity contribution >= 4 is 114 Å². The van der Waals surface area contributed by atoms with E-state index in [1.165, 1.54) is 54.7 Å². The summed E-state index contributed by atoms with van der Waals surface area (Å²) in [5.41, 5.74) is 5.76. The molecular formula is C113H132IK2LiN6O14Si3. The van der Waals surface area contributed by atoms with Gasteiger partial charge >= 0.3 is 134 Å². The standard InChI is InChI=1S/C23H21NO.C22H29NO2Si.C22H19NO2.C21H27NO3Si.C18H23IOSi.C4H7NO.C2H3N.CH2O3.2K.Li.H2O.H/c1-18(25)22-17-24(22)23(19-11-5-2-6-12-19,20-13-7-3-8-14-20)21-15-9-4-10-16-21;1-18(24)21-17-23(21)15-16-25-26(22(2,3)4,19-11-7-5-8-12-19)20-13-9-6-10-14-20;24-21(25)20-16-23(20)22(17-10-4-1-5-11-17,18-12-6-2-7-13-18)19-14-8-3-9-15-19;1-21(2,3)26(17-10-6-4-7-11-17,18-12-8-5-9-13-18)25-15-14-22-16-19(22)20(23)24;1-18(2,3)21(20-15-14-19,16-10-6-4-7-11-16)17-12-8-5-9-13-17;1-3(6)4-2-5-4;1-2-3;2-1-4-3;;;;;/h2-16,22H,17H2,1H3;5-14,21H,15-17H2,1-4H3;1-15,20H,16H2,(H,24,25);4-13,19H,14-16H2,1-3H3,(H,23,24);4-13H,14-15H2,1-3H3;4-5H,2H2,1H3;1H3;1,3H;;;;1H2;/q;;;;;;;;3*+1;;-1/p-2/t22-,24?;21-,23?;20-,23?;19-,22?;;4-;;;;;;;/m0000.0......./s1. The molecule has 5 fully saturated rings. The molecule has 0 aromatic heterocycles. The molecule has 0 aliphatic carbocycles. The molecule has 4 N–H and O–H groups in total. The van der Waals surface area contributed by atoms with Gasteiger partial charge in [-0.1, -0.05) is 449 Å². The summed E-state index contributed by atoms with van der Waals surface area (Å²) in [6.07, 6.45) is 0. The summed E-state index contributed by atoms with van der Waals surface area (Å²) in [6, 6.07) is 127. The third kappa shape index (κ3) is 30.8. The average Bonchev–Trinajstić information content (AvgIpc) is 1.48.